The number of pyridine rings is 1. The molecule has 0 fully saturated rings. The minimum atomic E-state index is 0.630. The lowest BCUT2D eigenvalue weighted by molar-refractivity contribution is 1.29. The summed E-state index contributed by atoms with van der Waals surface area (Å²) < 4.78 is 0. The number of para-hydroxylation sites is 1. The molecule has 0 bridgehead atoms. The van der Waals surface area contributed by atoms with Gasteiger partial charge in [0.2, 0.25) is 0 Å². The Morgan fingerprint density at radius 3 is 2.54 bits per heavy atom. The van der Waals surface area contributed by atoms with Gasteiger partial charge in [0.15, 0.2) is 0 Å². The molecule has 4 nitrogen and oxygen atoms in total. The van der Waals surface area contributed by atoms with E-state index in [0.29, 0.717) is 5.69 Å². The molecule has 0 saturated carbocycles. The first-order valence-electron chi connectivity index (χ1n) is 7.71. The summed E-state index contributed by atoms with van der Waals surface area (Å²) in [6.45, 7) is 2.03. The van der Waals surface area contributed by atoms with E-state index in [9.17, 15) is 0 Å². The topological polar surface area (TPSA) is 61.7 Å². The predicted octanol–water partition coefficient (Wildman–Crippen LogP) is 6.31. The van der Waals surface area contributed by atoms with E-state index in [4.69, 9.17) is 10.5 Å². The van der Waals surface area contributed by atoms with Gasteiger partial charge in [0.05, 0.1) is 5.52 Å². The van der Waals surface area contributed by atoms with E-state index < -0.39 is 0 Å². The number of hydrogen-bond acceptors (Lipinski definition) is 2. The Morgan fingerprint density at radius 1 is 0.875 bits per heavy atom. The van der Waals surface area contributed by atoms with Crippen LogP contribution in [0.2, 0.25) is 0 Å². The van der Waals surface area contributed by atoms with Gasteiger partial charge in [-0.25, -0.2) is 0 Å². The summed E-state index contributed by atoms with van der Waals surface area (Å²) in [6, 6.07) is 22.1. The molecular weight excluding hydrogens is 296 g/mol. The van der Waals surface area contributed by atoms with Crippen molar-refractivity contribution in [3.63, 3.8) is 0 Å². The second-order valence-corrected chi connectivity index (χ2v) is 5.68. The standard InChI is InChI=1S/C20H14N4/c1-13-18-12-14(15-6-2-5-9-20(15)23-24-21)10-11-16(18)17-7-3-4-8-19(17)22-13/h2-12H,1H3. The molecule has 114 valence electrons. The molecule has 0 spiro atoms. The summed E-state index contributed by atoms with van der Waals surface area (Å²) in [7, 11) is 0. The van der Waals surface area contributed by atoms with Gasteiger partial charge in [0.25, 0.3) is 0 Å². The van der Waals surface area contributed by atoms with Crippen molar-refractivity contribution in [2.45, 2.75) is 6.92 Å². The highest BCUT2D eigenvalue weighted by Gasteiger charge is 2.09. The van der Waals surface area contributed by atoms with Gasteiger partial charge in [-0.1, -0.05) is 59.7 Å². The Morgan fingerprint density at radius 2 is 1.67 bits per heavy atom. The second-order valence-electron chi connectivity index (χ2n) is 5.68. The van der Waals surface area contributed by atoms with Crippen LogP contribution in [0.3, 0.4) is 0 Å². The van der Waals surface area contributed by atoms with Gasteiger partial charge >= 0.3 is 0 Å². The molecular formula is C20H14N4. The van der Waals surface area contributed by atoms with E-state index in [0.717, 1.165) is 33.1 Å². The first-order chi connectivity index (χ1) is 11.8. The van der Waals surface area contributed by atoms with Crippen molar-refractivity contribution in [2.75, 3.05) is 0 Å². The van der Waals surface area contributed by atoms with Crippen molar-refractivity contribution >= 4 is 27.4 Å². The third-order valence-electron chi connectivity index (χ3n) is 4.26. The van der Waals surface area contributed by atoms with Crippen LogP contribution >= 0.6 is 0 Å². The number of aryl methyl sites for hydroxylation is 1. The summed E-state index contributed by atoms with van der Waals surface area (Å²) in [4.78, 5) is 7.64. The van der Waals surface area contributed by atoms with Crippen molar-refractivity contribution < 1.29 is 0 Å². The van der Waals surface area contributed by atoms with Crippen LogP contribution in [0.4, 0.5) is 5.69 Å². The lowest BCUT2D eigenvalue weighted by atomic mass is 9.97. The summed E-state index contributed by atoms with van der Waals surface area (Å²) in [6.07, 6.45) is 0. The average molecular weight is 310 g/mol. The van der Waals surface area contributed by atoms with Crippen LogP contribution < -0.4 is 0 Å². The first-order valence-corrected chi connectivity index (χ1v) is 7.71. The van der Waals surface area contributed by atoms with Gasteiger partial charge in [-0.05, 0) is 41.1 Å². The molecule has 0 radical (unpaired) electrons. The van der Waals surface area contributed by atoms with Crippen LogP contribution in [0.1, 0.15) is 5.69 Å². The van der Waals surface area contributed by atoms with Gasteiger partial charge < -0.3 is 0 Å². The quantitative estimate of drug-likeness (QED) is 0.185. The summed E-state index contributed by atoms with van der Waals surface area (Å²) in [5, 5.41) is 7.24. The molecule has 4 heteroatoms. The van der Waals surface area contributed by atoms with Crippen LogP contribution in [-0.4, -0.2) is 4.98 Å². The normalized spacial score (nSPS) is 10.7. The predicted molar refractivity (Wildman–Crippen MR) is 98.2 cm³/mol. The number of hydrogen-bond donors (Lipinski definition) is 0. The number of azide groups is 1. The van der Waals surface area contributed by atoms with Crippen LogP contribution in [0.25, 0.3) is 43.2 Å². The zero-order chi connectivity index (χ0) is 16.5. The van der Waals surface area contributed by atoms with Crippen LogP contribution in [-0.2, 0) is 0 Å². The molecule has 0 aliphatic carbocycles. The van der Waals surface area contributed by atoms with E-state index in [2.05, 4.69) is 34.3 Å². The minimum Gasteiger partial charge on any atom is -0.252 e. The van der Waals surface area contributed by atoms with Crippen molar-refractivity contribution in [1.29, 1.82) is 0 Å². The van der Waals surface area contributed by atoms with E-state index >= 15 is 0 Å². The Hall–Kier alpha value is -3.36. The van der Waals surface area contributed by atoms with Gasteiger partial charge in [-0.2, -0.15) is 0 Å². The van der Waals surface area contributed by atoms with Crippen LogP contribution in [0.15, 0.2) is 71.8 Å². The molecule has 0 atom stereocenters. The molecule has 24 heavy (non-hydrogen) atoms. The maximum absolute atomic E-state index is 8.77. The highest BCUT2D eigenvalue weighted by Crippen LogP contribution is 2.34. The molecule has 0 saturated heterocycles. The van der Waals surface area contributed by atoms with Gasteiger partial charge in [-0.3, -0.25) is 4.98 Å². The zero-order valence-corrected chi connectivity index (χ0v) is 13.1. The van der Waals surface area contributed by atoms with E-state index in [1.54, 1.807) is 0 Å². The molecule has 0 amide bonds. The Balaban J connectivity index is 2.02. The summed E-state index contributed by atoms with van der Waals surface area (Å²) >= 11 is 0. The Kier molecular flexibility index (Phi) is 3.38. The number of nitrogens with zero attached hydrogens (tertiary/aromatic N) is 4. The first kappa shape index (κ1) is 14.2. The van der Waals surface area contributed by atoms with Crippen LogP contribution in [0.5, 0.6) is 0 Å². The largest absolute Gasteiger partial charge is 0.252 e. The zero-order valence-electron chi connectivity index (χ0n) is 13.1. The maximum Gasteiger partial charge on any atom is 0.0711 e. The van der Waals surface area contributed by atoms with Crippen molar-refractivity contribution in [3.8, 4) is 11.1 Å². The van der Waals surface area contributed by atoms with Crippen molar-refractivity contribution in [3.05, 3.63) is 82.9 Å². The summed E-state index contributed by atoms with van der Waals surface area (Å²) in [5.41, 5.74) is 13.3. The molecule has 1 heterocycles. The SMILES string of the molecule is Cc1nc2ccccc2c2ccc(-c3ccccc3N=[N+]=[N-])cc12. The van der Waals surface area contributed by atoms with E-state index in [-0.39, 0.29) is 0 Å². The van der Waals surface area contributed by atoms with Crippen molar-refractivity contribution in [1.82, 2.24) is 4.98 Å². The average Bonchev–Trinajstić information content (AvgIpc) is 2.62. The minimum absolute atomic E-state index is 0.630. The van der Waals surface area contributed by atoms with E-state index in [1.165, 1.54) is 5.39 Å². The fourth-order valence-corrected chi connectivity index (χ4v) is 3.14. The molecule has 4 rings (SSSR count). The molecule has 0 aliphatic rings. The third-order valence-corrected chi connectivity index (χ3v) is 4.26. The lowest BCUT2D eigenvalue weighted by Crippen LogP contribution is -1.89. The van der Waals surface area contributed by atoms with E-state index in [1.807, 2.05) is 49.4 Å². The van der Waals surface area contributed by atoms with Gasteiger partial charge in [-0.15, -0.1) is 0 Å². The number of benzene rings is 3. The Bertz CT molecular complexity index is 1120. The third kappa shape index (κ3) is 2.26. The molecule has 0 unspecified atom stereocenters. The van der Waals surface area contributed by atoms with Gasteiger partial charge in [0.1, 0.15) is 0 Å². The molecule has 1 aromatic heterocycles. The van der Waals surface area contributed by atoms with Gasteiger partial charge in [0, 0.05) is 27.1 Å². The maximum atomic E-state index is 8.77. The fraction of sp³-hybridized carbons (Fsp3) is 0.0500. The molecule has 0 aliphatic heterocycles. The number of rotatable bonds is 2. The smallest absolute Gasteiger partial charge is 0.0711 e. The highest BCUT2D eigenvalue weighted by atomic mass is 15.1. The highest BCUT2D eigenvalue weighted by molar-refractivity contribution is 6.07. The monoisotopic (exact) mass is 310 g/mol. The molecule has 0 N–H and O–H groups in total. The second kappa shape index (κ2) is 5.69. The Labute approximate surface area is 139 Å². The number of aromatic nitrogens is 1. The summed E-state index contributed by atoms with van der Waals surface area (Å²) in [5.74, 6) is 0. The van der Waals surface area contributed by atoms with Crippen LogP contribution in [0, 0.1) is 6.92 Å². The molecule has 4 aromatic rings. The lowest BCUT2D eigenvalue weighted by Gasteiger charge is -2.10. The van der Waals surface area contributed by atoms with Crippen molar-refractivity contribution in [2.24, 2.45) is 5.11 Å². The fourth-order valence-electron chi connectivity index (χ4n) is 3.14. The number of fused-ring (bicyclic) bond motifs is 3. The molecule has 3 aromatic carbocycles.